The second-order valence-electron chi connectivity index (χ2n) is 7.33. The zero-order chi connectivity index (χ0) is 22.8. The number of primary amides is 1. The standard InChI is InChI=1S/C24H23FN4O3/c1-14-7-4-8-15(2)22(14)28-24-23(27-20-12-6-11-18(25)29(20)24)21-16(31-3)9-5-10-17(21)32-13-19(26)30/h4-12,28H,13H2,1-3H3,(H2,26,30). The van der Waals surface area contributed by atoms with E-state index in [-0.39, 0.29) is 6.61 Å². The summed E-state index contributed by atoms with van der Waals surface area (Å²) in [6, 6.07) is 15.7. The Kier molecular flexibility index (Phi) is 5.68. The highest BCUT2D eigenvalue weighted by Crippen LogP contribution is 2.43. The number of benzene rings is 2. The van der Waals surface area contributed by atoms with Gasteiger partial charge in [-0.1, -0.05) is 30.3 Å². The normalized spacial score (nSPS) is 10.9. The smallest absolute Gasteiger partial charge is 0.255 e. The van der Waals surface area contributed by atoms with Crippen LogP contribution in [0.1, 0.15) is 11.1 Å². The van der Waals surface area contributed by atoms with Gasteiger partial charge >= 0.3 is 0 Å². The molecule has 1 amide bonds. The molecule has 0 bridgehead atoms. The predicted molar refractivity (Wildman–Crippen MR) is 121 cm³/mol. The van der Waals surface area contributed by atoms with E-state index in [0.717, 1.165) is 16.8 Å². The van der Waals surface area contributed by atoms with Crippen molar-refractivity contribution < 1.29 is 18.7 Å². The molecular formula is C24H23FN4O3. The van der Waals surface area contributed by atoms with Gasteiger partial charge in [-0.05, 0) is 49.2 Å². The van der Waals surface area contributed by atoms with Gasteiger partial charge in [0.05, 0.1) is 12.7 Å². The van der Waals surface area contributed by atoms with Crippen LogP contribution in [0.2, 0.25) is 0 Å². The number of nitrogens with one attached hydrogen (secondary N) is 1. The minimum absolute atomic E-state index is 0.318. The summed E-state index contributed by atoms with van der Waals surface area (Å²) in [6.45, 7) is 3.62. The first kappa shape index (κ1) is 21.2. The summed E-state index contributed by atoms with van der Waals surface area (Å²) < 4.78 is 27.6. The average molecular weight is 434 g/mol. The van der Waals surface area contributed by atoms with Gasteiger partial charge in [0.2, 0.25) is 5.95 Å². The Morgan fingerprint density at radius 1 is 1.06 bits per heavy atom. The summed E-state index contributed by atoms with van der Waals surface area (Å²) in [7, 11) is 1.52. The van der Waals surface area contributed by atoms with Gasteiger partial charge in [0.25, 0.3) is 5.91 Å². The summed E-state index contributed by atoms with van der Waals surface area (Å²) in [5.74, 6) is 0.110. The minimum Gasteiger partial charge on any atom is -0.496 e. The van der Waals surface area contributed by atoms with Crippen LogP contribution in [0, 0.1) is 19.8 Å². The lowest BCUT2D eigenvalue weighted by atomic mass is 10.1. The fourth-order valence-electron chi connectivity index (χ4n) is 3.66. The number of carbonyl (C=O) groups excluding carboxylic acids is 1. The van der Waals surface area contributed by atoms with Crippen molar-refractivity contribution >= 4 is 23.1 Å². The van der Waals surface area contributed by atoms with Gasteiger partial charge < -0.3 is 20.5 Å². The lowest BCUT2D eigenvalue weighted by molar-refractivity contribution is -0.119. The van der Waals surface area contributed by atoms with Gasteiger partial charge in [-0.15, -0.1) is 0 Å². The lowest BCUT2D eigenvalue weighted by Gasteiger charge is -2.17. The van der Waals surface area contributed by atoms with Crippen molar-refractivity contribution in [3.05, 3.63) is 71.7 Å². The number of rotatable bonds is 7. The van der Waals surface area contributed by atoms with Crippen molar-refractivity contribution in [2.24, 2.45) is 5.73 Å². The molecule has 2 aromatic carbocycles. The number of halogens is 1. The van der Waals surface area contributed by atoms with Gasteiger partial charge in [0, 0.05) is 5.69 Å². The highest BCUT2D eigenvalue weighted by molar-refractivity contribution is 5.87. The number of nitrogens with two attached hydrogens (primary N) is 1. The summed E-state index contributed by atoms with van der Waals surface area (Å²) in [5.41, 5.74) is 9.39. The molecule has 2 heterocycles. The molecule has 8 heteroatoms. The number of hydrogen-bond donors (Lipinski definition) is 2. The van der Waals surface area contributed by atoms with Gasteiger partial charge in [-0.25, -0.2) is 4.98 Å². The first-order valence-corrected chi connectivity index (χ1v) is 9.99. The average Bonchev–Trinajstić information content (AvgIpc) is 3.13. The van der Waals surface area contributed by atoms with Crippen LogP contribution in [0.4, 0.5) is 15.9 Å². The molecule has 0 aliphatic heterocycles. The van der Waals surface area contributed by atoms with E-state index < -0.39 is 11.9 Å². The van der Waals surface area contributed by atoms with E-state index in [1.807, 2.05) is 32.0 Å². The van der Waals surface area contributed by atoms with Crippen molar-refractivity contribution in [3.63, 3.8) is 0 Å². The Morgan fingerprint density at radius 2 is 1.72 bits per heavy atom. The largest absolute Gasteiger partial charge is 0.496 e. The molecular weight excluding hydrogens is 411 g/mol. The maximum absolute atomic E-state index is 15.0. The highest BCUT2D eigenvalue weighted by atomic mass is 19.1. The van der Waals surface area contributed by atoms with Crippen LogP contribution < -0.4 is 20.5 Å². The number of pyridine rings is 1. The summed E-state index contributed by atoms with van der Waals surface area (Å²) in [4.78, 5) is 16.0. The van der Waals surface area contributed by atoms with Gasteiger partial charge in [0.15, 0.2) is 6.61 Å². The number of amides is 1. The number of para-hydroxylation sites is 1. The molecule has 0 radical (unpaired) electrons. The topological polar surface area (TPSA) is 90.9 Å². The Bertz CT molecular complexity index is 1300. The first-order chi connectivity index (χ1) is 15.4. The third-order valence-electron chi connectivity index (χ3n) is 5.14. The molecule has 3 N–H and O–H groups in total. The quantitative estimate of drug-likeness (QED) is 0.422. The maximum Gasteiger partial charge on any atom is 0.255 e. The third kappa shape index (κ3) is 3.82. The molecule has 0 spiro atoms. The lowest BCUT2D eigenvalue weighted by Crippen LogP contribution is -2.20. The van der Waals surface area contributed by atoms with E-state index in [9.17, 15) is 9.18 Å². The fourth-order valence-corrected chi connectivity index (χ4v) is 3.66. The summed E-state index contributed by atoms with van der Waals surface area (Å²) in [5, 5.41) is 3.37. The SMILES string of the molecule is COc1cccc(OCC(N)=O)c1-c1nc2cccc(F)n2c1Nc1c(C)cccc1C. The zero-order valence-corrected chi connectivity index (χ0v) is 18.0. The molecule has 0 aliphatic rings. The van der Waals surface area contributed by atoms with E-state index >= 15 is 0 Å². The molecule has 164 valence electrons. The van der Waals surface area contributed by atoms with Crippen molar-refractivity contribution in [2.45, 2.75) is 13.8 Å². The molecule has 2 aromatic heterocycles. The van der Waals surface area contributed by atoms with Gasteiger partial charge in [-0.3, -0.25) is 9.20 Å². The number of anilines is 2. The number of methoxy groups -OCH3 is 1. The van der Waals surface area contributed by atoms with Gasteiger partial charge in [-0.2, -0.15) is 4.39 Å². The number of fused-ring (bicyclic) bond motifs is 1. The Morgan fingerprint density at radius 3 is 2.41 bits per heavy atom. The second-order valence-corrected chi connectivity index (χ2v) is 7.33. The monoisotopic (exact) mass is 434 g/mol. The van der Waals surface area contributed by atoms with Crippen molar-refractivity contribution in [3.8, 4) is 22.8 Å². The number of carbonyl (C=O) groups is 1. The first-order valence-electron chi connectivity index (χ1n) is 9.99. The molecule has 0 unspecified atom stereocenters. The Labute approximate surface area is 184 Å². The number of hydrogen-bond acceptors (Lipinski definition) is 5. The molecule has 7 nitrogen and oxygen atoms in total. The van der Waals surface area contributed by atoms with E-state index in [0.29, 0.717) is 34.2 Å². The van der Waals surface area contributed by atoms with Gasteiger partial charge in [0.1, 0.15) is 28.7 Å². The van der Waals surface area contributed by atoms with Crippen molar-refractivity contribution in [1.82, 2.24) is 9.38 Å². The van der Waals surface area contributed by atoms with Crippen molar-refractivity contribution in [1.29, 1.82) is 0 Å². The summed E-state index contributed by atoms with van der Waals surface area (Å²) in [6.07, 6.45) is 0. The molecule has 4 aromatic rings. The van der Waals surface area contributed by atoms with Crippen LogP contribution in [-0.4, -0.2) is 29.0 Å². The van der Waals surface area contributed by atoms with Crippen LogP contribution in [0.25, 0.3) is 16.9 Å². The number of imidazole rings is 1. The predicted octanol–water partition coefficient (Wildman–Crippen LogP) is 4.37. The Hall–Kier alpha value is -4.07. The van der Waals surface area contributed by atoms with E-state index in [2.05, 4.69) is 10.3 Å². The van der Waals surface area contributed by atoms with E-state index in [4.69, 9.17) is 15.2 Å². The molecule has 0 aliphatic carbocycles. The fraction of sp³-hybridized carbons (Fsp3) is 0.167. The molecule has 0 atom stereocenters. The molecule has 32 heavy (non-hydrogen) atoms. The molecule has 0 saturated carbocycles. The number of aromatic nitrogens is 2. The number of ether oxygens (including phenoxy) is 2. The van der Waals surface area contributed by atoms with Crippen molar-refractivity contribution in [2.75, 3.05) is 19.0 Å². The second kappa shape index (κ2) is 8.58. The summed E-state index contributed by atoms with van der Waals surface area (Å²) >= 11 is 0. The van der Waals surface area contributed by atoms with E-state index in [1.54, 1.807) is 30.3 Å². The number of nitrogens with zero attached hydrogens (tertiary/aromatic N) is 2. The third-order valence-corrected chi connectivity index (χ3v) is 5.14. The Balaban J connectivity index is 1.99. The zero-order valence-electron chi connectivity index (χ0n) is 18.0. The van der Waals surface area contributed by atoms with Crippen LogP contribution in [0.3, 0.4) is 0 Å². The van der Waals surface area contributed by atoms with E-state index in [1.165, 1.54) is 17.6 Å². The van der Waals surface area contributed by atoms with Crippen LogP contribution in [-0.2, 0) is 4.79 Å². The minimum atomic E-state index is -0.617. The molecule has 4 rings (SSSR count). The van der Waals surface area contributed by atoms with Crippen LogP contribution >= 0.6 is 0 Å². The maximum atomic E-state index is 15.0. The van der Waals surface area contributed by atoms with Crippen LogP contribution in [0.15, 0.2) is 54.6 Å². The molecule has 0 fully saturated rings. The number of aryl methyl sites for hydroxylation is 2. The highest BCUT2D eigenvalue weighted by Gasteiger charge is 2.24. The molecule has 0 saturated heterocycles. The van der Waals surface area contributed by atoms with Crippen LogP contribution in [0.5, 0.6) is 11.5 Å².